The number of rotatable bonds is 6. The van der Waals surface area contributed by atoms with Crippen LogP contribution < -0.4 is 5.32 Å². The molecule has 160 valence electrons. The summed E-state index contributed by atoms with van der Waals surface area (Å²) in [6.45, 7) is 8.23. The van der Waals surface area contributed by atoms with Crippen LogP contribution >= 0.6 is 11.3 Å². The van der Waals surface area contributed by atoms with E-state index in [4.69, 9.17) is 4.52 Å². The van der Waals surface area contributed by atoms with Crippen LogP contribution in [-0.2, 0) is 16.6 Å². The molecule has 1 aliphatic heterocycles. The van der Waals surface area contributed by atoms with Crippen molar-refractivity contribution >= 4 is 32.2 Å². The number of anilines is 2. The molecule has 0 unspecified atom stereocenters. The summed E-state index contributed by atoms with van der Waals surface area (Å²) in [5, 5.41) is 10.0. The minimum absolute atomic E-state index is 0.197. The molecule has 3 aromatic rings. The van der Waals surface area contributed by atoms with Gasteiger partial charge in [0.1, 0.15) is 10.6 Å². The summed E-state index contributed by atoms with van der Waals surface area (Å²) in [6.07, 6.45) is 0. The number of thiazole rings is 1. The number of hydrogen-bond acceptors (Lipinski definition) is 8. The van der Waals surface area contributed by atoms with Crippen LogP contribution in [0.15, 0.2) is 39.1 Å². The number of nitrogens with one attached hydrogen (secondary N) is 1. The highest BCUT2D eigenvalue weighted by Gasteiger charge is 2.33. The predicted molar refractivity (Wildman–Crippen MR) is 117 cm³/mol. The number of benzene rings is 1. The molecule has 0 spiro atoms. The van der Waals surface area contributed by atoms with Gasteiger partial charge in [0.2, 0.25) is 10.0 Å². The van der Waals surface area contributed by atoms with Gasteiger partial charge in [0.05, 0.1) is 5.69 Å². The molecule has 8 nitrogen and oxygen atoms in total. The van der Waals surface area contributed by atoms with Crippen molar-refractivity contribution in [3.05, 3.63) is 52.4 Å². The minimum Gasteiger partial charge on any atom is -0.360 e. The Morgan fingerprint density at radius 2 is 1.80 bits per heavy atom. The molecule has 0 bridgehead atoms. The third kappa shape index (κ3) is 4.41. The van der Waals surface area contributed by atoms with E-state index in [0.717, 1.165) is 16.5 Å². The minimum atomic E-state index is -3.58. The largest absolute Gasteiger partial charge is 0.360 e. The first-order chi connectivity index (χ1) is 14.3. The maximum absolute atomic E-state index is 12.9. The Bertz CT molecular complexity index is 1090. The number of sulfonamides is 1. The summed E-state index contributed by atoms with van der Waals surface area (Å²) in [6, 6.07) is 8.20. The van der Waals surface area contributed by atoms with E-state index in [1.807, 2.05) is 17.5 Å². The van der Waals surface area contributed by atoms with Crippen molar-refractivity contribution in [2.45, 2.75) is 32.2 Å². The highest BCUT2D eigenvalue weighted by atomic mass is 32.2. The molecule has 10 heteroatoms. The number of aryl methyl sites for hydroxylation is 3. The van der Waals surface area contributed by atoms with E-state index < -0.39 is 10.0 Å². The lowest BCUT2D eigenvalue weighted by Gasteiger charge is -2.33. The summed E-state index contributed by atoms with van der Waals surface area (Å²) in [5.74, 6) is 0.339. The Kier molecular flexibility index (Phi) is 5.92. The molecule has 1 N–H and O–H groups in total. The van der Waals surface area contributed by atoms with Gasteiger partial charge in [0, 0.05) is 43.8 Å². The molecular weight excluding hydrogens is 422 g/mol. The van der Waals surface area contributed by atoms with E-state index in [2.05, 4.69) is 39.4 Å². The standard InChI is InChI=1S/C20H25N5O3S2/c1-14-4-6-17(7-5-14)21-20-22-18(13-29-20)12-24-8-10-25(11-9-24)30(26,27)19-15(2)23-28-16(19)3/h4-7,13H,8-12H2,1-3H3,(H,21,22). The average Bonchev–Trinajstić information content (AvgIpc) is 3.30. The summed E-state index contributed by atoms with van der Waals surface area (Å²) in [5.41, 5.74) is 3.62. The van der Waals surface area contributed by atoms with Crippen molar-refractivity contribution in [3.63, 3.8) is 0 Å². The Morgan fingerprint density at radius 1 is 1.10 bits per heavy atom. The van der Waals surface area contributed by atoms with Gasteiger partial charge >= 0.3 is 0 Å². The second-order valence-corrected chi connectivity index (χ2v) is 10.2. The monoisotopic (exact) mass is 447 g/mol. The van der Waals surface area contributed by atoms with E-state index in [0.29, 0.717) is 44.2 Å². The normalized spacial score (nSPS) is 16.1. The van der Waals surface area contributed by atoms with Crippen molar-refractivity contribution in [2.24, 2.45) is 0 Å². The average molecular weight is 448 g/mol. The topological polar surface area (TPSA) is 91.6 Å². The SMILES string of the molecule is Cc1ccc(Nc2nc(CN3CCN(S(=O)(=O)c4c(C)noc4C)CC3)cs2)cc1. The van der Waals surface area contributed by atoms with Crippen molar-refractivity contribution < 1.29 is 12.9 Å². The molecule has 1 saturated heterocycles. The lowest BCUT2D eigenvalue weighted by molar-refractivity contribution is 0.180. The zero-order valence-electron chi connectivity index (χ0n) is 17.3. The Labute approximate surface area is 180 Å². The quantitative estimate of drug-likeness (QED) is 0.620. The fourth-order valence-corrected chi connectivity index (χ4v) is 5.96. The number of aromatic nitrogens is 2. The third-order valence-electron chi connectivity index (χ3n) is 5.14. The van der Waals surface area contributed by atoms with Crippen LogP contribution in [0.3, 0.4) is 0 Å². The maximum Gasteiger partial charge on any atom is 0.248 e. The molecule has 0 amide bonds. The van der Waals surface area contributed by atoms with Crippen LogP contribution in [0, 0.1) is 20.8 Å². The first kappa shape index (κ1) is 21.0. The number of hydrogen-bond donors (Lipinski definition) is 1. The van der Waals surface area contributed by atoms with Crippen molar-refractivity contribution in [1.29, 1.82) is 0 Å². The van der Waals surface area contributed by atoms with E-state index in [-0.39, 0.29) is 4.90 Å². The van der Waals surface area contributed by atoms with Crippen LogP contribution in [-0.4, -0.2) is 53.9 Å². The molecule has 30 heavy (non-hydrogen) atoms. The van der Waals surface area contributed by atoms with Gasteiger partial charge in [-0.15, -0.1) is 11.3 Å². The predicted octanol–water partition coefficient (Wildman–Crippen LogP) is 3.31. The molecule has 3 heterocycles. The second-order valence-electron chi connectivity index (χ2n) is 7.47. The summed E-state index contributed by atoms with van der Waals surface area (Å²) >= 11 is 1.57. The summed E-state index contributed by atoms with van der Waals surface area (Å²) in [4.78, 5) is 7.09. The van der Waals surface area contributed by atoms with E-state index in [9.17, 15) is 8.42 Å². The second kappa shape index (κ2) is 8.46. The zero-order chi connectivity index (χ0) is 21.3. The van der Waals surface area contributed by atoms with Crippen LogP contribution in [0.25, 0.3) is 0 Å². The van der Waals surface area contributed by atoms with Crippen LogP contribution in [0.5, 0.6) is 0 Å². The van der Waals surface area contributed by atoms with Gasteiger partial charge in [0.15, 0.2) is 10.9 Å². The van der Waals surface area contributed by atoms with Gasteiger partial charge in [-0.2, -0.15) is 4.31 Å². The van der Waals surface area contributed by atoms with E-state index in [1.165, 1.54) is 9.87 Å². The lowest BCUT2D eigenvalue weighted by atomic mass is 10.2. The van der Waals surface area contributed by atoms with E-state index >= 15 is 0 Å². The van der Waals surface area contributed by atoms with Gasteiger partial charge in [-0.3, -0.25) is 4.90 Å². The van der Waals surface area contributed by atoms with Crippen molar-refractivity contribution in [3.8, 4) is 0 Å². The molecular formula is C20H25N5O3S2. The fraction of sp³-hybridized carbons (Fsp3) is 0.400. The Morgan fingerprint density at radius 3 is 2.43 bits per heavy atom. The highest BCUT2D eigenvalue weighted by molar-refractivity contribution is 7.89. The molecule has 2 aromatic heterocycles. The zero-order valence-corrected chi connectivity index (χ0v) is 18.9. The van der Waals surface area contributed by atoms with Crippen molar-refractivity contribution in [2.75, 3.05) is 31.5 Å². The smallest absolute Gasteiger partial charge is 0.248 e. The Balaban J connectivity index is 1.34. The van der Waals surface area contributed by atoms with Gasteiger partial charge in [-0.1, -0.05) is 22.9 Å². The number of nitrogens with zero attached hydrogens (tertiary/aromatic N) is 4. The number of piperazine rings is 1. The summed E-state index contributed by atoms with van der Waals surface area (Å²) < 4.78 is 32.4. The third-order valence-corrected chi connectivity index (χ3v) is 8.09. The molecule has 0 saturated carbocycles. The van der Waals surface area contributed by atoms with Gasteiger partial charge < -0.3 is 9.84 Å². The summed E-state index contributed by atoms with van der Waals surface area (Å²) in [7, 11) is -3.58. The molecule has 0 radical (unpaired) electrons. The Hall–Kier alpha value is -2.27. The lowest BCUT2D eigenvalue weighted by Crippen LogP contribution is -2.48. The van der Waals surface area contributed by atoms with E-state index in [1.54, 1.807) is 25.2 Å². The molecule has 0 aliphatic carbocycles. The van der Waals surface area contributed by atoms with Crippen LogP contribution in [0.2, 0.25) is 0 Å². The molecule has 1 aromatic carbocycles. The van der Waals surface area contributed by atoms with Gasteiger partial charge in [0.25, 0.3) is 0 Å². The molecule has 0 atom stereocenters. The van der Waals surface area contributed by atoms with Gasteiger partial charge in [-0.25, -0.2) is 13.4 Å². The van der Waals surface area contributed by atoms with Crippen LogP contribution in [0.1, 0.15) is 22.7 Å². The first-order valence-electron chi connectivity index (χ1n) is 9.76. The molecule has 1 fully saturated rings. The maximum atomic E-state index is 12.9. The fourth-order valence-electron chi connectivity index (χ4n) is 3.53. The van der Waals surface area contributed by atoms with Gasteiger partial charge in [-0.05, 0) is 32.9 Å². The molecule has 4 rings (SSSR count). The van der Waals surface area contributed by atoms with Crippen LogP contribution in [0.4, 0.5) is 10.8 Å². The highest BCUT2D eigenvalue weighted by Crippen LogP contribution is 2.25. The first-order valence-corrected chi connectivity index (χ1v) is 12.1. The molecule has 1 aliphatic rings. The van der Waals surface area contributed by atoms with Crippen molar-refractivity contribution in [1.82, 2.24) is 19.3 Å².